The van der Waals surface area contributed by atoms with E-state index in [1.54, 1.807) is 41.0 Å². The van der Waals surface area contributed by atoms with Gasteiger partial charge in [-0.3, -0.25) is 14.2 Å². The summed E-state index contributed by atoms with van der Waals surface area (Å²) in [5.41, 5.74) is 8.36. The van der Waals surface area contributed by atoms with Crippen LogP contribution in [0.1, 0.15) is 71.6 Å². The molecule has 0 spiro atoms. The van der Waals surface area contributed by atoms with E-state index in [0.29, 0.717) is 46.5 Å². The average molecular weight is 505 g/mol. The maximum absolute atomic E-state index is 13.5. The number of carbonyl (C=O) groups excluding carboxylic acids is 2. The summed E-state index contributed by atoms with van der Waals surface area (Å²) < 4.78 is 1.55. The molecule has 6 nitrogen and oxygen atoms in total. The zero-order chi connectivity index (χ0) is 26.7. The highest BCUT2D eigenvalue weighted by molar-refractivity contribution is 6.30. The predicted molar refractivity (Wildman–Crippen MR) is 148 cm³/mol. The fourth-order valence-corrected chi connectivity index (χ4v) is 5.87. The second-order valence-electron chi connectivity index (χ2n) is 10.1. The van der Waals surface area contributed by atoms with Gasteiger partial charge in [-0.25, -0.2) is 0 Å². The zero-order valence-corrected chi connectivity index (χ0v) is 21.6. The molecular formula is C32H28N2O4. The fourth-order valence-electron chi connectivity index (χ4n) is 5.87. The Hall–Kier alpha value is -4.58. The molecule has 0 saturated heterocycles. The smallest absolute Gasteiger partial charge is 0.201 e. The van der Waals surface area contributed by atoms with Crippen molar-refractivity contribution < 1.29 is 19.8 Å². The van der Waals surface area contributed by atoms with Crippen LogP contribution in [0.2, 0.25) is 0 Å². The van der Waals surface area contributed by atoms with Gasteiger partial charge in [-0.1, -0.05) is 54.6 Å². The minimum Gasteiger partial charge on any atom is -0.494 e. The number of nitrogens with one attached hydrogen (secondary N) is 1. The number of nitrogens with zero attached hydrogens (tertiary/aromatic N) is 1. The van der Waals surface area contributed by atoms with Crippen LogP contribution in [0.4, 0.5) is 11.4 Å². The molecule has 0 radical (unpaired) electrons. The quantitative estimate of drug-likeness (QED) is 0.265. The van der Waals surface area contributed by atoms with Crippen molar-refractivity contribution in [3.05, 3.63) is 110 Å². The monoisotopic (exact) mass is 504 g/mol. The van der Waals surface area contributed by atoms with Gasteiger partial charge in [0, 0.05) is 33.5 Å². The van der Waals surface area contributed by atoms with Crippen molar-refractivity contribution in [2.24, 2.45) is 0 Å². The van der Waals surface area contributed by atoms with Gasteiger partial charge < -0.3 is 15.5 Å². The Morgan fingerprint density at radius 2 is 1.58 bits per heavy atom. The Morgan fingerprint density at radius 1 is 0.868 bits per heavy atom. The van der Waals surface area contributed by atoms with Crippen LogP contribution in [-0.4, -0.2) is 26.3 Å². The summed E-state index contributed by atoms with van der Waals surface area (Å²) >= 11 is 0. The van der Waals surface area contributed by atoms with E-state index in [1.165, 1.54) is 0 Å². The first-order chi connectivity index (χ1) is 18.3. The molecule has 0 unspecified atom stereocenters. The van der Waals surface area contributed by atoms with Crippen molar-refractivity contribution in [2.75, 3.05) is 5.32 Å². The second kappa shape index (κ2) is 8.77. The van der Waals surface area contributed by atoms with Crippen LogP contribution in [0.5, 0.6) is 11.8 Å². The Balaban J connectivity index is 1.43. The van der Waals surface area contributed by atoms with Gasteiger partial charge in [0.25, 0.3) is 0 Å². The molecule has 0 bridgehead atoms. The van der Waals surface area contributed by atoms with Crippen LogP contribution in [0.15, 0.2) is 54.6 Å². The Labute approximate surface area is 220 Å². The number of anilines is 2. The summed E-state index contributed by atoms with van der Waals surface area (Å²) in [6, 6.07) is 14.3. The highest BCUT2D eigenvalue weighted by Gasteiger charge is 2.32. The molecule has 4 aromatic rings. The van der Waals surface area contributed by atoms with Crippen LogP contribution < -0.4 is 5.32 Å². The SMILES string of the molecule is Cc1cc(C)c(Nc2cccc3c2C(=O)c2ccccc2C3=O)c(C)c1Cn1c(O)c2c(c1O)CCC=C2. The third-order valence-electron chi connectivity index (χ3n) is 7.85. The van der Waals surface area contributed by atoms with Crippen LogP contribution in [0, 0.1) is 20.8 Å². The van der Waals surface area contributed by atoms with Gasteiger partial charge >= 0.3 is 0 Å². The molecule has 2 aliphatic carbocycles. The molecule has 6 rings (SSSR count). The van der Waals surface area contributed by atoms with Crippen LogP contribution in [0.25, 0.3) is 6.08 Å². The lowest BCUT2D eigenvalue weighted by Gasteiger charge is -2.23. The number of rotatable bonds is 4. The van der Waals surface area contributed by atoms with Crippen molar-refractivity contribution in [1.29, 1.82) is 0 Å². The number of hydrogen-bond donors (Lipinski definition) is 3. The minimum atomic E-state index is -0.179. The van der Waals surface area contributed by atoms with E-state index >= 15 is 0 Å². The number of carbonyl (C=O) groups is 2. The molecule has 0 amide bonds. The molecule has 3 aromatic carbocycles. The molecule has 2 aliphatic rings. The normalized spacial score (nSPS) is 13.8. The molecule has 1 aromatic heterocycles. The molecule has 190 valence electrons. The molecular weight excluding hydrogens is 476 g/mol. The molecule has 1 heterocycles. The fraction of sp³-hybridized carbons (Fsp3) is 0.188. The standard InChI is InChI=1S/C32H28N2O4/c1-17-15-18(2)28(19(3)25(17)16-34-31(37)22-11-6-7-12-23(22)32(34)38)33-26-14-8-13-24-27(26)30(36)21-10-5-4-9-20(21)29(24)35/h4-6,8-11,13-15,33,37-38H,7,12,16H2,1-3H3. The van der Waals surface area contributed by atoms with Crippen LogP contribution in [-0.2, 0) is 13.0 Å². The molecule has 6 heteroatoms. The third kappa shape index (κ3) is 3.48. The van der Waals surface area contributed by atoms with E-state index in [9.17, 15) is 19.8 Å². The number of ketones is 2. The number of hydrogen-bond acceptors (Lipinski definition) is 5. The van der Waals surface area contributed by atoms with E-state index in [4.69, 9.17) is 0 Å². The summed E-state index contributed by atoms with van der Waals surface area (Å²) in [6.45, 7) is 6.30. The van der Waals surface area contributed by atoms with Gasteiger partial charge in [-0.15, -0.1) is 0 Å². The number of aryl methyl sites for hydroxylation is 2. The van der Waals surface area contributed by atoms with E-state index in [1.807, 2.05) is 39.0 Å². The van der Waals surface area contributed by atoms with Gasteiger partial charge in [0.05, 0.1) is 17.8 Å². The van der Waals surface area contributed by atoms with Gasteiger partial charge in [-0.05, 0) is 61.9 Å². The molecule has 0 aliphatic heterocycles. The lowest BCUT2D eigenvalue weighted by molar-refractivity contribution is 0.0979. The topological polar surface area (TPSA) is 91.6 Å². The molecule has 0 fully saturated rings. The highest BCUT2D eigenvalue weighted by Crippen LogP contribution is 2.40. The summed E-state index contributed by atoms with van der Waals surface area (Å²) in [7, 11) is 0. The largest absolute Gasteiger partial charge is 0.494 e. The second-order valence-corrected chi connectivity index (χ2v) is 10.1. The van der Waals surface area contributed by atoms with Gasteiger partial charge in [0.2, 0.25) is 5.88 Å². The lowest BCUT2D eigenvalue weighted by Crippen LogP contribution is -2.22. The molecule has 38 heavy (non-hydrogen) atoms. The number of benzene rings is 3. The first kappa shape index (κ1) is 23.8. The van der Waals surface area contributed by atoms with Crippen molar-refractivity contribution in [1.82, 2.24) is 4.57 Å². The number of allylic oxidation sites excluding steroid dienone is 1. The van der Waals surface area contributed by atoms with Crippen LogP contribution in [0.3, 0.4) is 0 Å². The maximum atomic E-state index is 13.5. The Kier molecular flexibility index (Phi) is 5.49. The summed E-state index contributed by atoms with van der Waals surface area (Å²) in [5.74, 6) is -0.187. The maximum Gasteiger partial charge on any atom is 0.201 e. The lowest BCUT2D eigenvalue weighted by atomic mass is 9.83. The van der Waals surface area contributed by atoms with Crippen molar-refractivity contribution >= 4 is 29.0 Å². The van der Waals surface area contributed by atoms with E-state index in [0.717, 1.165) is 39.9 Å². The Morgan fingerprint density at radius 3 is 2.32 bits per heavy atom. The van der Waals surface area contributed by atoms with E-state index < -0.39 is 0 Å². The van der Waals surface area contributed by atoms with E-state index in [-0.39, 0.29) is 23.3 Å². The summed E-state index contributed by atoms with van der Waals surface area (Å²) in [6.07, 6.45) is 5.38. The van der Waals surface area contributed by atoms with Crippen molar-refractivity contribution in [3.8, 4) is 11.8 Å². The molecule has 0 atom stereocenters. The average Bonchev–Trinajstić information content (AvgIpc) is 3.16. The highest BCUT2D eigenvalue weighted by atomic mass is 16.3. The number of fused-ring (bicyclic) bond motifs is 3. The van der Waals surface area contributed by atoms with Gasteiger partial charge in [0.1, 0.15) is 0 Å². The number of aromatic nitrogens is 1. The summed E-state index contributed by atoms with van der Waals surface area (Å²) in [4.78, 5) is 26.7. The van der Waals surface area contributed by atoms with E-state index in [2.05, 4.69) is 11.4 Å². The van der Waals surface area contributed by atoms with Gasteiger partial charge in [-0.2, -0.15) is 0 Å². The molecule has 3 N–H and O–H groups in total. The predicted octanol–water partition coefficient (Wildman–Crippen LogP) is 6.35. The Bertz CT molecular complexity index is 1710. The minimum absolute atomic E-state index is 0.0576. The zero-order valence-electron chi connectivity index (χ0n) is 21.6. The van der Waals surface area contributed by atoms with Crippen LogP contribution >= 0.6 is 0 Å². The first-order valence-electron chi connectivity index (χ1n) is 12.8. The molecule has 0 saturated carbocycles. The third-order valence-corrected chi connectivity index (χ3v) is 7.85. The van der Waals surface area contributed by atoms with Crippen molar-refractivity contribution in [3.63, 3.8) is 0 Å². The number of aromatic hydroxyl groups is 2. The first-order valence-corrected chi connectivity index (χ1v) is 12.8. The van der Waals surface area contributed by atoms with Gasteiger partial charge in [0.15, 0.2) is 17.4 Å². The summed E-state index contributed by atoms with van der Waals surface area (Å²) in [5, 5.41) is 25.3. The van der Waals surface area contributed by atoms with Crippen molar-refractivity contribution in [2.45, 2.75) is 40.2 Å².